The summed E-state index contributed by atoms with van der Waals surface area (Å²) in [5.74, 6) is 0.493. The molecule has 128 valence electrons. The van der Waals surface area contributed by atoms with Crippen LogP contribution in [-0.2, 0) is 6.42 Å². The zero-order chi connectivity index (χ0) is 17.5. The first-order valence-corrected chi connectivity index (χ1v) is 8.58. The predicted molar refractivity (Wildman–Crippen MR) is 97.7 cm³/mol. The van der Waals surface area contributed by atoms with Gasteiger partial charge in [-0.2, -0.15) is 5.10 Å². The molecule has 0 radical (unpaired) electrons. The normalized spacial score (nSPS) is 16.0. The molecule has 2 aromatic carbocycles. The van der Waals surface area contributed by atoms with Crippen LogP contribution < -0.4 is 5.32 Å². The fourth-order valence-electron chi connectivity index (χ4n) is 3.60. The van der Waals surface area contributed by atoms with Crippen LogP contribution in [0, 0.1) is 5.82 Å². The van der Waals surface area contributed by atoms with Gasteiger partial charge in [-0.15, -0.1) is 0 Å². The summed E-state index contributed by atoms with van der Waals surface area (Å²) in [7, 11) is 0. The molecule has 5 rings (SSSR count). The Morgan fingerprint density at radius 2 is 1.88 bits per heavy atom. The standard InChI is InChI=1S/C20H16FN5/c21-14-6-8-15(9-7-14)26-20-17(11-24-26)19(22-12-23-20)25-18-10-5-13-3-1-2-4-16(13)18/h1-4,6-9,11-12,18H,5,10H2,(H,22,23,25)/t18-/m0/s1. The molecule has 26 heavy (non-hydrogen) atoms. The maximum atomic E-state index is 13.2. The van der Waals surface area contributed by atoms with Crippen molar-refractivity contribution in [2.75, 3.05) is 5.32 Å². The number of aryl methyl sites for hydroxylation is 1. The van der Waals surface area contributed by atoms with Gasteiger partial charge in [0.25, 0.3) is 0 Å². The molecule has 1 atom stereocenters. The van der Waals surface area contributed by atoms with Gasteiger partial charge in [0, 0.05) is 0 Å². The molecule has 2 aromatic heterocycles. The van der Waals surface area contributed by atoms with Crippen molar-refractivity contribution in [2.24, 2.45) is 0 Å². The third-order valence-corrected chi connectivity index (χ3v) is 4.88. The third kappa shape index (κ3) is 2.42. The highest BCUT2D eigenvalue weighted by Gasteiger charge is 2.23. The first-order chi connectivity index (χ1) is 12.8. The molecule has 1 aliphatic carbocycles. The van der Waals surface area contributed by atoms with E-state index in [1.54, 1.807) is 23.0 Å². The molecule has 0 aliphatic heterocycles. The number of halogens is 1. The number of anilines is 1. The average molecular weight is 345 g/mol. The number of fused-ring (bicyclic) bond motifs is 2. The topological polar surface area (TPSA) is 55.6 Å². The van der Waals surface area contributed by atoms with E-state index in [2.05, 4.69) is 44.6 Å². The summed E-state index contributed by atoms with van der Waals surface area (Å²) in [6.07, 6.45) is 5.39. The highest BCUT2D eigenvalue weighted by atomic mass is 19.1. The van der Waals surface area contributed by atoms with Crippen LogP contribution in [-0.4, -0.2) is 19.7 Å². The van der Waals surface area contributed by atoms with E-state index in [1.807, 2.05) is 0 Å². The molecule has 5 nitrogen and oxygen atoms in total. The van der Waals surface area contributed by atoms with E-state index in [1.165, 1.54) is 29.6 Å². The van der Waals surface area contributed by atoms with Crippen molar-refractivity contribution in [1.29, 1.82) is 0 Å². The SMILES string of the molecule is Fc1ccc(-n2ncc3c(N[C@H]4CCc5ccccc54)ncnc32)cc1. The zero-order valence-corrected chi connectivity index (χ0v) is 13.9. The molecule has 0 amide bonds. The van der Waals surface area contributed by atoms with Crippen LogP contribution in [0.4, 0.5) is 10.2 Å². The Hall–Kier alpha value is -3.28. The monoisotopic (exact) mass is 345 g/mol. The highest BCUT2D eigenvalue weighted by Crippen LogP contribution is 2.34. The Labute approximate surface area is 149 Å². The Morgan fingerprint density at radius 3 is 2.77 bits per heavy atom. The molecule has 1 aliphatic rings. The average Bonchev–Trinajstić information content (AvgIpc) is 3.28. The molecule has 0 saturated heterocycles. The second-order valence-corrected chi connectivity index (χ2v) is 6.43. The number of hydrogen-bond donors (Lipinski definition) is 1. The number of hydrogen-bond acceptors (Lipinski definition) is 4. The lowest BCUT2D eigenvalue weighted by atomic mass is 10.1. The summed E-state index contributed by atoms with van der Waals surface area (Å²) in [5.41, 5.74) is 4.17. The van der Waals surface area contributed by atoms with Crippen molar-refractivity contribution in [2.45, 2.75) is 18.9 Å². The van der Waals surface area contributed by atoms with E-state index in [0.717, 1.165) is 29.7 Å². The minimum atomic E-state index is -0.276. The van der Waals surface area contributed by atoms with Crippen LogP contribution >= 0.6 is 0 Å². The maximum Gasteiger partial charge on any atom is 0.168 e. The van der Waals surface area contributed by atoms with Crippen LogP contribution in [0.5, 0.6) is 0 Å². The summed E-state index contributed by atoms with van der Waals surface area (Å²) in [6, 6.07) is 14.9. The Morgan fingerprint density at radius 1 is 1.04 bits per heavy atom. The van der Waals surface area contributed by atoms with E-state index in [9.17, 15) is 4.39 Å². The van der Waals surface area contributed by atoms with E-state index in [-0.39, 0.29) is 11.9 Å². The minimum Gasteiger partial charge on any atom is -0.363 e. The Kier molecular flexibility index (Phi) is 3.41. The first-order valence-electron chi connectivity index (χ1n) is 8.58. The number of nitrogens with zero attached hydrogens (tertiary/aromatic N) is 4. The summed E-state index contributed by atoms with van der Waals surface area (Å²) in [5, 5.41) is 8.82. The van der Waals surface area contributed by atoms with Gasteiger partial charge in [0.05, 0.1) is 23.3 Å². The van der Waals surface area contributed by atoms with Gasteiger partial charge < -0.3 is 5.32 Å². The molecule has 0 fully saturated rings. The number of rotatable bonds is 3. The molecule has 0 saturated carbocycles. The third-order valence-electron chi connectivity index (χ3n) is 4.88. The van der Waals surface area contributed by atoms with Gasteiger partial charge in [-0.05, 0) is 48.2 Å². The van der Waals surface area contributed by atoms with Crippen molar-refractivity contribution in [1.82, 2.24) is 19.7 Å². The van der Waals surface area contributed by atoms with E-state index < -0.39 is 0 Å². The molecule has 0 unspecified atom stereocenters. The zero-order valence-electron chi connectivity index (χ0n) is 13.9. The smallest absolute Gasteiger partial charge is 0.168 e. The first kappa shape index (κ1) is 15.0. The quantitative estimate of drug-likeness (QED) is 0.608. The van der Waals surface area contributed by atoms with Crippen LogP contribution in [0.2, 0.25) is 0 Å². The number of aromatic nitrogens is 4. The molecule has 2 heterocycles. The molecular formula is C20H16FN5. The molecule has 4 aromatic rings. The van der Waals surface area contributed by atoms with Gasteiger partial charge in [0.2, 0.25) is 0 Å². The highest BCUT2D eigenvalue weighted by molar-refractivity contribution is 5.87. The molecule has 0 spiro atoms. The largest absolute Gasteiger partial charge is 0.363 e. The molecule has 6 heteroatoms. The van der Waals surface area contributed by atoms with Crippen LogP contribution in [0.1, 0.15) is 23.6 Å². The van der Waals surface area contributed by atoms with E-state index in [4.69, 9.17) is 0 Å². The maximum absolute atomic E-state index is 13.2. The van der Waals surface area contributed by atoms with Crippen molar-refractivity contribution in [3.8, 4) is 5.69 Å². The lowest BCUT2D eigenvalue weighted by molar-refractivity contribution is 0.627. The molecule has 1 N–H and O–H groups in total. The molecule has 0 bridgehead atoms. The molecular weight excluding hydrogens is 329 g/mol. The van der Waals surface area contributed by atoms with Gasteiger partial charge >= 0.3 is 0 Å². The van der Waals surface area contributed by atoms with Crippen molar-refractivity contribution in [3.63, 3.8) is 0 Å². The van der Waals surface area contributed by atoms with Gasteiger partial charge in [0.15, 0.2) is 5.65 Å². The number of nitrogens with one attached hydrogen (secondary N) is 1. The van der Waals surface area contributed by atoms with Crippen LogP contribution in [0.15, 0.2) is 61.1 Å². The lowest BCUT2D eigenvalue weighted by Gasteiger charge is -2.15. The fourth-order valence-corrected chi connectivity index (χ4v) is 3.60. The van der Waals surface area contributed by atoms with Crippen molar-refractivity contribution >= 4 is 16.9 Å². The van der Waals surface area contributed by atoms with Crippen molar-refractivity contribution in [3.05, 3.63) is 78.0 Å². The van der Waals surface area contributed by atoms with Gasteiger partial charge in [-0.3, -0.25) is 0 Å². The van der Waals surface area contributed by atoms with Gasteiger partial charge in [0.1, 0.15) is 18.0 Å². The Balaban J connectivity index is 1.53. The second kappa shape index (κ2) is 5.91. The summed E-state index contributed by atoms with van der Waals surface area (Å²) >= 11 is 0. The summed E-state index contributed by atoms with van der Waals surface area (Å²) in [6.45, 7) is 0. The fraction of sp³-hybridized carbons (Fsp3) is 0.150. The Bertz CT molecular complexity index is 1090. The lowest BCUT2D eigenvalue weighted by Crippen LogP contribution is -2.09. The van der Waals surface area contributed by atoms with E-state index in [0.29, 0.717) is 5.65 Å². The van der Waals surface area contributed by atoms with Crippen LogP contribution in [0.3, 0.4) is 0 Å². The van der Waals surface area contributed by atoms with Gasteiger partial charge in [-0.25, -0.2) is 19.0 Å². The van der Waals surface area contributed by atoms with Crippen molar-refractivity contribution < 1.29 is 4.39 Å². The van der Waals surface area contributed by atoms with E-state index >= 15 is 0 Å². The predicted octanol–water partition coefficient (Wildman–Crippen LogP) is 4.05. The summed E-state index contributed by atoms with van der Waals surface area (Å²) in [4.78, 5) is 8.80. The number of benzene rings is 2. The summed E-state index contributed by atoms with van der Waals surface area (Å²) < 4.78 is 14.9. The second-order valence-electron chi connectivity index (χ2n) is 6.43. The van der Waals surface area contributed by atoms with Gasteiger partial charge in [-0.1, -0.05) is 24.3 Å². The van der Waals surface area contributed by atoms with Crippen LogP contribution in [0.25, 0.3) is 16.7 Å². The minimum absolute atomic E-state index is 0.235.